The fourth-order valence-corrected chi connectivity index (χ4v) is 6.02. The molecule has 2 aliphatic rings. The lowest BCUT2D eigenvalue weighted by atomic mass is 9.68. The van der Waals surface area contributed by atoms with Gasteiger partial charge in [-0.25, -0.2) is 0 Å². The van der Waals surface area contributed by atoms with Crippen LogP contribution in [0.3, 0.4) is 0 Å². The predicted octanol–water partition coefficient (Wildman–Crippen LogP) is 3.77. The molecule has 196 valence electrons. The smallest absolute Gasteiger partial charge is 0.247 e. The average Bonchev–Trinajstić information content (AvgIpc) is 3.19. The summed E-state index contributed by atoms with van der Waals surface area (Å²) in [6.07, 6.45) is 5.61. The number of nitrogens with one attached hydrogen (secondary N) is 2. The van der Waals surface area contributed by atoms with Crippen molar-refractivity contribution in [2.45, 2.75) is 45.7 Å². The standard InChI is InChI=1S/C30H37N3O4/c1-5-9-21-14-15-22-26(25(21)28(35)31-4)30(37)33(24(17-34)20-10-7-6-8-11-20)27(22)29(36)32-23-16-18(2)12-13-19(23)3/h6-8,10-16,21-22,24-27,34H,5,9,17H2,1-4H3,(H,31,35)(H,32,36)/t21-,22+,24-,25-,26-,27+/m1/s1. The van der Waals surface area contributed by atoms with Crippen LogP contribution in [0.4, 0.5) is 5.69 Å². The van der Waals surface area contributed by atoms with Gasteiger partial charge in [-0.3, -0.25) is 14.4 Å². The zero-order valence-corrected chi connectivity index (χ0v) is 22.0. The quantitative estimate of drug-likeness (QED) is 0.478. The number of allylic oxidation sites excluding steroid dienone is 1. The summed E-state index contributed by atoms with van der Waals surface area (Å²) in [4.78, 5) is 42.8. The number of hydrogen-bond acceptors (Lipinski definition) is 4. The van der Waals surface area contributed by atoms with Gasteiger partial charge in [0.15, 0.2) is 0 Å². The second-order valence-electron chi connectivity index (χ2n) is 10.2. The predicted molar refractivity (Wildman–Crippen MR) is 144 cm³/mol. The van der Waals surface area contributed by atoms with E-state index in [0.717, 1.165) is 29.5 Å². The minimum Gasteiger partial charge on any atom is -0.394 e. The van der Waals surface area contributed by atoms with E-state index < -0.39 is 29.8 Å². The number of amides is 3. The normalized spacial score (nSPS) is 25.5. The molecule has 0 unspecified atom stereocenters. The summed E-state index contributed by atoms with van der Waals surface area (Å²) in [7, 11) is 1.58. The van der Waals surface area contributed by atoms with E-state index in [0.29, 0.717) is 5.69 Å². The molecule has 1 aliphatic carbocycles. The average molecular weight is 504 g/mol. The molecule has 6 atom stereocenters. The van der Waals surface area contributed by atoms with Crippen molar-refractivity contribution in [2.24, 2.45) is 23.7 Å². The van der Waals surface area contributed by atoms with Crippen molar-refractivity contribution in [2.75, 3.05) is 19.0 Å². The van der Waals surface area contributed by atoms with Crippen molar-refractivity contribution < 1.29 is 19.5 Å². The topological polar surface area (TPSA) is 98.7 Å². The first-order valence-electron chi connectivity index (χ1n) is 13.1. The van der Waals surface area contributed by atoms with Crippen LogP contribution >= 0.6 is 0 Å². The first-order chi connectivity index (χ1) is 17.8. The second kappa shape index (κ2) is 11.3. The van der Waals surface area contributed by atoms with E-state index in [1.54, 1.807) is 7.05 Å². The molecule has 1 fully saturated rings. The Bertz CT molecular complexity index is 1180. The highest BCUT2D eigenvalue weighted by molar-refractivity contribution is 6.02. The number of aliphatic hydroxyl groups excluding tert-OH is 1. The Kier molecular flexibility index (Phi) is 8.13. The maximum absolute atomic E-state index is 14.2. The molecule has 2 aromatic rings. The number of likely N-dealkylation sites (tertiary alicyclic amines) is 1. The molecule has 0 spiro atoms. The molecule has 37 heavy (non-hydrogen) atoms. The molecule has 1 saturated heterocycles. The van der Waals surface area contributed by atoms with Crippen LogP contribution < -0.4 is 10.6 Å². The lowest BCUT2D eigenvalue weighted by Gasteiger charge is -2.34. The van der Waals surface area contributed by atoms with E-state index >= 15 is 0 Å². The number of rotatable bonds is 8. The van der Waals surface area contributed by atoms with E-state index in [9.17, 15) is 19.5 Å². The van der Waals surface area contributed by atoms with E-state index in [1.165, 1.54) is 4.90 Å². The summed E-state index contributed by atoms with van der Waals surface area (Å²) < 4.78 is 0. The van der Waals surface area contributed by atoms with E-state index in [4.69, 9.17) is 0 Å². The van der Waals surface area contributed by atoms with Crippen LogP contribution in [0, 0.1) is 37.5 Å². The first kappa shape index (κ1) is 26.6. The maximum atomic E-state index is 14.2. The summed E-state index contributed by atoms with van der Waals surface area (Å²) in [6.45, 7) is 5.60. The fraction of sp³-hybridized carbons (Fsp3) is 0.433. The van der Waals surface area contributed by atoms with Crippen LogP contribution in [0.5, 0.6) is 0 Å². The first-order valence-corrected chi connectivity index (χ1v) is 13.1. The van der Waals surface area contributed by atoms with Crippen LogP contribution in [-0.2, 0) is 14.4 Å². The van der Waals surface area contributed by atoms with Gasteiger partial charge in [-0.2, -0.15) is 0 Å². The minimum atomic E-state index is -0.874. The van der Waals surface area contributed by atoms with Crippen molar-refractivity contribution in [1.29, 1.82) is 0 Å². The number of benzene rings is 2. The van der Waals surface area contributed by atoms with E-state index in [2.05, 4.69) is 17.6 Å². The Balaban J connectivity index is 1.81. The molecule has 3 amide bonds. The van der Waals surface area contributed by atoms with Crippen molar-refractivity contribution >= 4 is 23.4 Å². The number of nitrogens with zero attached hydrogens (tertiary/aromatic N) is 1. The van der Waals surface area contributed by atoms with Gasteiger partial charge in [0.05, 0.1) is 24.5 Å². The number of aliphatic hydroxyl groups is 1. The highest BCUT2D eigenvalue weighted by Crippen LogP contribution is 2.48. The third kappa shape index (κ3) is 5.05. The highest BCUT2D eigenvalue weighted by Gasteiger charge is 2.58. The Morgan fingerprint density at radius 2 is 1.78 bits per heavy atom. The van der Waals surface area contributed by atoms with Crippen LogP contribution in [0.2, 0.25) is 0 Å². The molecular formula is C30H37N3O4. The van der Waals surface area contributed by atoms with Crippen molar-refractivity contribution in [1.82, 2.24) is 10.2 Å². The molecule has 1 heterocycles. The number of fused-ring (bicyclic) bond motifs is 1. The Hall–Kier alpha value is -3.45. The Labute approximate surface area is 218 Å². The SMILES string of the molecule is CCC[C@@H]1C=C[C@H]2[C@@H](C(=O)N([C@H](CO)c3ccccc3)[C@@H]2C(=O)Nc2cc(C)ccc2C)[C@@H]1C(=O)NC. The highest BCUT2D eigenvalue weighted by atomic mass is 16.3. The second-order valence-corrected chi connectivity index (χ2v) is 10.2. The van der Waals surface area contributed by atoms with Crippen LogP contribution in [0.15, 0.2) is 60.7 Å². The van der Waals surface area contributed by atoms with Crippen LogP contribution in [0.1, 0.15) is 42.5 Å². The maximum Gasteiger partial charge on any atom is 0.247 e. The molecule has 1 aliphatic heterocycles. The van der Waals surface area contributed by atoms with Gasteiger partial charge in [0.1, 0.15) is 6.04 Å². The summed E-state index contributed by atoms with van der Waals surface area (Å²) in [6, 6.07) is 13.5. The number of hydrogen-bond donors (Lipinski definition) is 3. The van der Waals surface area contributed by atoms with Gasteiger partial charge in [0.2, 0.25) is 17.7 Å². The zero-order valence-electron chi connectivity index (χ0n) is 22.0. The largest absolute Gasteiger partial charge is 0.394 e. The molecule has 7 heteroatoms. The molecular weight excluding hydrogens is 466 g/mol. The van der Waals surface area contributed by atoms with Gasteiger partial charge >= 0.3 is 0 Å². The third-order valence-corrected chi connectivity index (χ3v) is 7.83. The lowest BCUT2D eigenvalue weighted by Crippen LogP contribution is -2.47. The molecule has 0 radical (unpaired) electrons. The minimum absolute atomic E-state index is 0.0952. The number of anilines is 1. The van der Waals surface area contributed by atoms with Crippen molar-refractivity contribution in [3.8, 4) is 0 Å². The Morgan fingerprint density at radius 1 is 1.05 bits per heavy atom. The van der Waals surface area contributed by atoms with Gasteiger partial charge in [-0.15, -0.1) is 0 Å². The molecule has 2 aromatic carbocycles. The van der Waals surface area contributed by atoms with Gasteiger partial charge in [0, 0.05) is 18.7 Å². The van der Waals surface area contributed by atoms with Crippen molar-refractivity contribution in [3.05, 3.63) is 77.4 Å². The molecule has 4 rings (SSSR count). The van der Waals surface area contributed by atoms with Gasteiger partial charge in [-0.05, 0) is 48.9 Å². The van der Waals surface area contributed by atoms with Crippen LogP contribution in [0.25, 0.3) is 0 Å². The van der Waals surface area contributed by atoms with E-state index in [1.807, 2.05) is 74.5 Å². The number of aryl methyl sites for hydroxylation is 2. The molecule has 3 N–H and O–H groups in total. The molecule has 0 aromatic heterocycles. The van der Waals surface area contributed by atoms with Gasteiger partial charge in [0.25, 0.3) is 0 Å². The Morgan fingerprint density at radius 3 is 2.43 bits per heavy atom. The number of carbonyl (C=O) groups is 3. The fourth-order valence-electron chi connectivity index (χ4n) is 6.02. The molecule has 0 saturated carbocycles. The van der Waals surface area contributed by atoms with Gasteiger partial charge in [-0.1, -0.05) is 68.0 Å². The zero-order chi connectivity index (χ0) is 26.7. The van der Waals surface area contributed by atoms with Crippen LogP contribution in [-0.4, -0.2) is 47.4 Å². The molecule has 7 nitrogen and oxygen atoms in total. The number of carbonyl (C=O) groups excluding carboxylic acids is 3. The monoisotopic (exact) mass is 503 g/mol. The summed E-state index contributed by atoms with van der Waals surface area (Å²) >= 11 is 0. The summed E-state index contributed by atoms with van der Waals surface area (Å²) in [5.41, 5.74) is 3.36. The van der Waals surface area contributed by atoms with Gasteiger partial charge < -0.3 is 20.6 Å². The van der Waals surface area contributed by atoms with Crippen molar-refractivity contribution in [3.63, 3.8) is 0 Å². The third-order valence-electron chi connectivity index (χ3n) is 7.83. The molecule has 0 bridgehead atoms. The summed E-state index contributed by atoms with van der Waals surface area (Å²) in [5, 5.41) is 16.3. The lowest BCUT2D eigenvalue weighted by molar-refractivity contribution is -0.143. The van der Waals surface area contributed by atoms with E-state index in [-0.39, 0.29) is 30.2 Å². The summed E-state index contributed by atoms with van der Waals surface area (Å²) in [5.74, 6) is -2.64.